The van der Waals surface area contributed by atoms with E-state index in [0.29, 0.717) is 6.42 Å². The third-order valence-corrected chi connectivity index (χ3v) is 1.77. The lowest BCUT2D eigenvalue weighted by atomic mass is 9.98. The number of carbonyl (C=O) groups is 1. The number of nitrogens with zero attached hydrogens (tertiary/aromatic N) is 3. The van der Waals surface area contributed by atoms with E-state index in [0.717, 1.165) is 0 Å². The molecule has 0 spiro atoms. The molecule has 3 N–H and O–H groups in total. The molecule has 0 saturated carbocycles. The van der Waals surface area contributed by atoms with Gasteiger partial charge in [-0.25, -0.2) is 0 Å². The molecule has 80 valence electrons. The fourth-order valence-electron chi connectivity index (χ4n) is 1.17. The number of primary amides is 1. The number of aliphatic hydroxyl groups is 1. The van der Waals surface area contributed by atoms with Gasteiger partial charge in [0.05, 0.1) is 18.6 Å². The lowest BCUT2D eigenvalue weighted by molar-refractivity contribution is -0.120. The van der Waals surface area contributed by atoms with Crippen molar-refractivity contribution in [3.05, 3.63) is 10.4 Å². The summed E-state index contributed by atoms with van der Waals surface area (Å²) in [5, 5.41) is 12.9. The van der Waals surface area contributed by atoms with Gasteiger partial charge in [0.25, 0.3) is 0 Å². The second-order valence-corrected chi connectivity index (χ2v) is 3.64. The molecule has 0 radical (unpaired) electrons. The lowest BCUT2D eigenvalue weighted by Gasteiger charge is -2.18. The van der Waals surface area contributed by atoms with E-state index in [9.17, 15) is 9.90 Å². The molecule has 2 atom stereocenters. The van der Waals surface area contributed by atoms with Gasteiger partial charge in [-0.15, -0.1) is 0 Å². The first-order valence-electron chi connectivity index (χ1n) is 4.48. The Balaban J connectivity index is 4.31. The topological polar surface area (TPSA) is 112 Å². The molecule has 0 heterocycles. The smallest absolute Gasteiger partial charge is 0.220 e. The van der Waals surface area contributed by atoms with Crippen LogP contribution in [0.1, 0.15) is 26.7 Å². The molecule has 0 saturated heterocycles. The van der Waals surface area contributed by atoms with Crippen molar-refractivity contribution in [2.24, 2.45) is 16.8 Å². The fraction of sp³-hybridized carbons (Fsp3) is 0.875. The molecule has 0 aromatic heterocycles. The zero-order chi connectivity index (χ0) is 11.1. The standard InChI is InChI=1S/C8H16N4O2/c1-5(2)3-6(11-12-10)7(13)4-8(9)14/h5-7,13H,3-4H2,1-2H3,(H2,9,14)/t6-,7+/m1/s1. The number of hydrogen-bond donors (Lipinski definition) is 2. The van der Waals surface area contributed by atoms with Crippen LogP contribution in [-0.2, 0) is 4.79 Å². The van der Waals surface area contributed by atoms with E-state index in [1.165, 1.54) is 0 Å². The van der Waals surface area contributed by atoms with Crippen LogP contribution in [0.15, 0.2) is 5.11 Å². The average Bonchev–Trinajstić information content (AvgIpc) is 2.01. The quantitative estimate of drug-likeness (QED) is 0.377. The van der Waals surface area contributed by atoms with Gasteiger partial charge in [-0.05, 0) is 17.9 Å². The third kappa shape index (κ3) is 5.40. The number of hydrogen-bond acceptors (Lipinski definition) is 3. The van der Waals surface area contributed by atoms with Crippen molar-refractivity contribution in [2.75, 3.05) is 0 Å². The molecule has 1 amide bonds. The Hall–Kier alpha value is -1.26. The summed E-state index contributed by atoms with van der Waals surface area (Å²) in [6.07, 6.45) is -0.611. The van der Waals surface area contributed by atoms with E-state index in [1.54, 1.807) is 0 Å². The molecule has 0 fully saturated rings. The first kappa shape index (κ1) is 12.7. The highest BCUT2D eigenvalue weighted by molar-refractivity contribution is 5.74. The molecule has 14 heavy (non-hydrogen) atoms. The predicted octanol–water partition coefficient (Wildman–Crippen LogP) is 0.948. The van der Waals surface area contributed by atoms with E-state index in [1.807, 2.05) is 13.8 Å². The second kappa shape index (κ2) is 6.23. The molecule has 0 bridgehead atoms. The molecule has 0 aliphatic carbocycles. The first-order valence-corrected chi connectivity index (χ1v) is 4.48. The van der Waals surface area contributed by atoms with Gasteiger partial charge in [0.2, 0.25) is 5.91 Å². The summed E-state index contributed by atoms with van der Waals surface area (Å²) in [4.78, 5) is 13.2. The summed E-state index contributed by atoms with van der Waals surface area (Å²) >= 11 is 0. The SMILES string of the molecule is CC(C)C[C@@H](N=[N+]=[N-])[C@@H](O)CC(N)=O. The molecule has 0 rings (SSSR count). The number of carbonyl (C=O) groups excluding carboxylic acids is 1. The van der Waals surface area contributed by atoms with Crippen molar-refractivity contribution in [2.45, 2.75) is 38.8 Å². The van der Waals surface area contributed by atoms with E-state index in [4.69, 9.17) is 11.3 Å². The molecule has 6 heteroatoms. The van der Waals surface area contributed by atoms with Crippen molar-refractivity contribution in [3.8, 4) is 0 Å². The fourth-order valence-corrected chi connectivity index (χ4v) is 1.17. The monoisotopic (exact) mass is 200 g/mol. The summed E-state index contributed by atoms with van der Waals surface area (Å²) in [6.45, 7) is 3.88. The third-order valence-electron chi connectivity index (χ3n) is 1.77. The highest BCUT2D eigenvalue weighted by Crippen LogP contribution is 2.14. The van der Waals surface area contributed by atoms with Gasteiger partial charge in [0.15, 0.2) is 0 Å². The number of aliphatic hydroxyl groups excluding tert-OH is 1. The first-order chi connectivity index (χ1) is 6.47. The van der Waals surface area contributed by atoms with Crippen LogP contribution in [0, 0.1) is 5.92 Å². The maximum atomic E-state index is 10.5. The van der Waals surface area contributed by atoms with Gasteiger partial charge in [-0.1, -0.05) is 19.0 Å². The average molecular weight is 200 g/mol. The van der Waals surface area contributed by atoms with Crippen molar-refractivity contribution in [1.82, 2.24) is 0 Å². The van der Waals surface area contributed by atoms with Crippen LogP contribution in [-0.4, -0.2) is 23.2 Å². The number of nitrogens with two attached hydrogens (primary N) is 1. The minimum atomic E-state index is -0.981. The molecular weight excluding hydrogens is 184 g/mol. The largest absolute Gasteiger partial charge is 0.392 e. The lowest BCUT2D eigenvalue weighted by Crippen LogP contribution is -2.30. The summed E-state index contributed by atoms with van der Waals surface area (Å²) < 4.78 is 0. The van der Waals surface area contributed by atoms with Crippen LogP contribution in [0.25, 0.3) is 10.4 Å². The van der Waals surface area contributed by atoms with Crippen LogP contribution in [0.4, 0.5) is 0 Å². The Morgan fingerprint density at radius 2 is 2.21 bits per heavy atom. The molecule has 0 aliphatic heterocycles. The van der Waals surface area contributed by atoms with Crippen molar-refractivity contribution in [1.29, 1.82) is 0 Å². The van der Waals surface area contributed by atoms with Gasteiger partial charge < -0.3 is 10.8 Å². The highest BCUT2D eigenvalue weighted by Gasteiger charge is 2.20. The zero-order valence-corrected chi connectivity index (χ0v) is 8.42. The van der Waals surface area contributed by atoms with E-state index < -0.39 is 18.1 Å². The van der Waals surface area contributed by atoms with Crippen molar-refractivity contribution in [3.63, 3.8) is 0 Å². The van der Waals surface area contributed by atoms with Gasteiger partial charge >= 0.3 is 0 Å². The molecule has 0 aromatic carbocycles. The normalized spacial score (nSPS) is 14.6. The molecular formula is C8H16N4O2. The number of rotatable bonds is 6. The molecule has 6 nitrogen and oxygen atoms in total. The Morgan fingerprint density at radius 3 is 2.57 bits per heavy atom. The Kier molecular flexibility index (Phi) is 5.67. The van der Waals surface area contributed by atoms with E-state index in [2.05, 4.69) is 10.0 Å². The van der Waals surface area contributed by atoms with Crippen LogP contribution >= 0.6 is 0 Å². The van der Waals surface area contributed by atoms with Crippen LogP contribution in [0.5, 0.6) is 0 Å². The summed E-state index contributed by atoms with van der Waals surface area (Å²) in [6, 6.07) is -0.576. The van der Waals surface area contributed by atoms with E-state index in [-0.39, 0.29) is 12.3 Å². The minimum Gasteiger partial charge on any atom is -0.392 e. The van der Waals surface area contributed by atoms with Gasteiger partial charge in [-0.3, -0.25) is 4.79 Å². The predicted molar refractivity (Wildman–Crippen MR) is 52.2 cm³/mol. The minimum absolute atomic E-state index is 0.170. The van der Waals surface area contributed by atoms with Gasteiger partial charge in [0, 0.05) is 4.91 Å². The van der Waals surface area contributed by atoms with Crippen molar-refractivity contribution >= 4 is 5.91 Å². The maximum absolute atomic E-state index is 10.5. The Bertz CT molecular complexity index is 235. The highest BCUT2D eigenvalue weighted by atomic mass is 16.3. The zero-order valence-electron chi connectivity index (χ0n) is 8.42. The Morgan fingerprint density at radius 1 is 1.64 bits per heavy atom. The van der Waals surface area contributed by atoms with Gasteiger partial charge in [0.1, 0.15) is 0 Å². The summed E-state index contributed by atoms with van der Waals surface area (Å²) in [7, 11) is 0. The molecule has 0 unspecified atom stereocenters. The van der Waals surface area contributed by atoms with Crippen LogP contribution < -0.4 is 5.73 Å². The maximum Gasteiger partial charge on any atom is 0.220 e. The van der Waals surface area contributed by atoms with Crippen molar-refractivity contribution < 1.29 is 9.90 Å². The number of azide groups is 1. The molecule has 0 aromatic rings. The summed E-state index contributed by atoms with van der Waals surface area (Å²) in [5.41, 5.74) is 13.2. The Labute approximate surface area is 82.7 Å². The van der Waals surface area contributed by atoms with Crippen LogP contribution in [0.3, 0.4) is 0 Å². The molecule has 0 aliphatic rings. The van der Waals surface area contributed by atoms with Crippen LogP contribution in [0.2, 0.25) is 0 Å². The summed E-state index contributed by atoms with van der Waals surface area (Å²) in [5.74, 6) is -0.313. The van der Waals surface area contributed by atoms with Gasteiger partial charge in [-0.2, -0.15) is 0 Å². The number of amides is 1. The van der Waals surface area contributed by atoms with E-state index >= 15 is 0 Å². The second-order valence-electron chi connectivity index (χ2n) is 3.64.